The van der Waals surface area contributed by atoms with Gasteiger partial charge >= 0.3 is 0 Å². The van der Waals surface area contributed by atoms with Crippen molar-refractivity contribution in [1.82, 2.24) is 10.2 Å². The van der Waals surface area contributed by atoms with Gasteiger partial charge in [-0.15, -0.1) is 11.8 Å². The van der Waals surface area contributed by atoms with E-state index >= 15 is 0 Å². The number of carbonyl (C=O) groups is 1. The molecule has 0 saturated carbocycles. The smallest absolute Gasteiger partial charge is 0.233 e. The lowest BCUT2D eigenvalue weighted by atomic mass is 10.1. The maximum absolute atomic E-state index is 11.9. The van der Waals surface area contributed by atoms with E-state index in [-0.39, 0.29) is 11.3 Å². The van der Waals surface area contributed by atoms with Gasteiger partial charge in [0.1, 0.15) is 5.37 Å². The fraction of sp³-hybridized carbons (Fsp3) is 0.500. The van der Waals surface area contributed by atoms with Crippen molar-refractivity contribution in [2.24, 2.45) is 0 Å². The van der Waals surface area contributed by atoms with E-state index in [1.54, 1.807) is 11.8 Å². The second-order valence-corrected chi connectivity index (χ2v) is 5.58. The molecule has 0 aliphatic carbocycles. The van der Waals surface area contributed by atoms with Crippen molar-refractivity contribution in [1.29, 1.82) is 0 Å². The van der Waals surface area contributed by atoms with Gasteiger partial charge in [-0.2, -0.15) is 0 Å². The van der Waals surface area contributed by atoms with Gasteiger partial charge in [-0.3, -0.25) is 4.79 Å². The summed E-state index contributed by atoms with van der Waals surface area (Å²) < 4.78 is 0. The van der Waals surface area contributed by atoms with Crippen LogP contribution in [-0.4, -0.2) is 36.2 Å². The van der Waals surface area contributed by atoms with Crippen LogP contribution in [0.2, 0.25) is 0 Å². The Morgan fingerprint density at radius 2 is 2.11 bits per heavy atom. The molecule has 1 aliphatic heterocycles. The van der Waals surface area contributed by atoms with E-state index in [2.05, 4.69) is 43.4 Å². The average molecular weight is 264 g/mol. The quantitative estimate of drug-likeness (QED) is 0.827. The summed E-state index contributed by atoms with van der Waals surface area (Å²) in [6, 6.07) is 8.49. The molecule has 0 spiro atoms. The van der Waals surface area contributed by atoms with Crippen LogP contribution in [0.5, 0.6) is 0 Å². The number of carbonyl (C=O) groups excluding carboxylic acids is 1. The van der Waals surface area contributed by atoms with Crippen molar-refractivity contribution in [2.75, 3.05) is 25.4 Å². The van der Waals surface area contributed by atoms with E-state index in [9.17, 15) is 4.79 Å². The molecular formula is C14H20N2OS. The lowest BCUT2D eigenvalue weighted by Gasteiger charge is -2.24. The number of rotatable bonds is 5. The first-order valence-corrected chi connectivity index (χ1v) is 7.45. The van der Waals surface area contributed by atoms with Crippen LogP contribution in [0.1, 0.15) is 23.4 Å². The van der Waals surface area contributed by atoms with Crippen LogP contribution in [0, 0.1) is 6.92 Å². The summed E-state index contributed by atoms with van der Waals surface area (Å²) in [5.41, 5.74) is 2.49. The lowest BCUT2D eigenvalue weighted by molar-refractivity contribution is -0.128. The summed E-state index contributed by atoms with van der Waals surface area (Å²) in [6.45, 7) is 6.77. The zero-order chi connectivity index (χ0) is 13.0. The molecule has 98 valence electrons. The highest BCUT2D eigenvalue weighted by atomic mass is 32.2. The molecule has 0 aromatic heterocycles. The molecule has 18 heavy (non-hydrogen) atoms. The number of likely N-dealkylation sites (N-methyl/N-ethyl adjacent to an activating group) is 1. The Morgan fingerprint density at radius 3 is 2.78 bits per heavy atom. The van der Waals surface area contributed by atoms with Gasteiger partial charge in [-0.25, -0.2) is 0 Å². The third kappa shape index (κ3) is 3.06. The molecule has 1 heterocycles. The maximum Gasteiger partial charge on any atom is 0.233 e. The van der Waals surface area contributed by atoms with E-state index in [0.717, 1.165) is 19.6 Å². The number of benzene rings is 1. The minimum absolute atomic E-state index is 0.191. The third-order valence-corrected chi connectivity index (χ3v) is 4.37. The minimum Gasteiger partial charge on any atom is -0.325 e. The van der Waals surface area contributed by atoms with Gasteiger partial charge in [0, 0.05) is 13.1 Å². The Hall–Kier alpha value is -1.00. The molecule has 1 N–H and O–H groups in total. The van der Waals surface area contributed by atoms with Gasteiger partial charge in [0.2, 0.25) is 5.91 Å². The van der Waals surface area contributed by atoms with E-state index in [0.29, 0.717) is 5.75 Å². The van der Waals surface area contributed by atoms with Gasteiger partial charge < -0.3 is 10.2 Å². The monoisotopic (exact) mass is 264 g/mol. The number of hydrogen-bond donors (Lipinski definition) is 1. The van der Waals surface area contributed by atoms with Gasteiger partial charge in [0.25, 0.3) is 0 Å². The van der Waals surface area contributed by atoms with Gasteiger partial charge in [-0.05, 0) is 19.0 Å². The van der Waals surface area contributed by atoms with Crippen molar-refractivity contribution in [3.05, 3.63) is 35.4 Å². The topological polar surface area (TPSA) is 32.3 Å². The Bertz CT molecular complexity index is 405. The first kappa shape index (κ1) is 13.4. The number of nitrogens with zero attached hydrogens (tertiary/aromatic N) is 1. The maximum atomic E-state index is 11.9. The molecule has 1 aromatic carbocycles. The fourth-order valence-corrected chi connectivity index (χ4v) is 3.30. The molecule has 0 unspecified atom stereocenters. The predicted octanol–water partition coefficient (Wildman–Crippen LogP) is 2.18. The Kier molecular flexibility index (Phi) is 4.66. The molecule has 1 amide bonds. The minimum atomic E-state index is 0.191. The standard InChI is InChI=1S/C14H20N2OS/c1-3-15-8-9-16-13(17)10-18-14(16)12-6-4-11(2)5-7-12/h4-7,14-15H,3,8-10H2,1-2H3/t14-/m1/s1. The SMILES string of the molecule is CCNCCN1C(=O)CS[C@@H]1c1ccc(C)cc1. The van der Waals surface area contributed by atoms with E-state index in [4.69, 9.17) is 0 Å². The van der Waals surface area contributed by atoms with E-state index in [1.165, 1.54) is 11.1 Å². The molecule has 4 heteroatoms. The van der Waals surface area contributed by atoms with Crippen LogP contribution in [0.15, 0.2) is 24.3 Å². The van der Waals surface area contributed by atoms with Gasteiger partial charge in [-0.1, -0.05) is 36.8 Å². The third-order valence-electron chi connectivity index (χ3n) is 3.11. The van der Waals surface area contributed by atoms with Crippen molar-refractivity contribution >= 4 is 17.7 Å². The first-order valence-electron chi connectivity index (χ1n) is 6.40. The molecule has 0 radical (unpaired) electrons. The summed E-state index contributed by atoms with van der Waals surface area (Å²) in [5.74, 6) is 0.855. The van der Waals surface area contributed by atoms with Crippen LogP contribution in [0.25, 0.3) is 0 Å². The van der Waals surface area contributed by atoms with Crippen LogP contribution >= 0.6 is 11.8 Å². The average Bonchev–Trinajstić information content (AvgIpc) is 2.73. The van der Waals surface area contributed by atoms with Gasteiger partial charge in [0.15, 0.2) is 0 Å². The fourth-order valence-electron chi connectivity index (χ4n) is 2.08. The van der Waals surface area contributed by atoms with Crippen molar-refractivity contribution in [3.63, 3.8) is 0 Å². The molecule has 1 aliphatic rings. The lowest BCUT2D eigenvalue weighted by Crippen LogP contribution is -2.35. The molecule has 3 nitrogen and oxygen atoms in total. The van der Waals surface area contributed by atoms with Crippen LogP contribution in [-0.2, 0) is 4.79 Å². The summed E-state index contributed by atoms with van der Waals surface area (Å²) in [7, 11) is 0. The Morgan fingerprint density at radius 1 is 1.39 bits per heavy atom. The summed E-state index contributed by atoms with van der Waals surface area (Å²) in [4.78, 5) is 13.9. The highest BCUT2D eigenvalue weighted by Gasteiger charge is 2.31. The first-order chi connectivity index (χ1) is 8.72. The highest BCUT2D eigenvalue weighted by Crippen LogP contribution is 2.38. The van der Waals surface area contributed by atoms with Crippen LogP contribution in [0.4, 0.5) is 0 Å². The molecule has 1 atom stereocenters. The van der Waals surface area contributed by atoms with Crippen LogP contribution < -0.4 is 5.32 Å². The largest absolute Gasteiger partial charge is 0.325 e. The molecule has 1 aromatic rings. The normalized spacial score (nSPS) is 19.6. The van der Waals surface area contributed by atoms with Crippen molar-refractivity contribution in [3.8, 4) is 0 Å². The summed E-state index contributed by atoms with van der Waals surface area (Å²) in [6.07, 6.45) is 0. The van der Waals surface area contributed by atoms with E-state index in [1.807, 2.05) is 4.90 Å². The van der Waals surface area contributed by atoms with Gasteiger partial charge in [0.05, 0.1) is 5.75 Å². The Labute approximate surface area is 113 Å². The number of amides is 1. The van der Waals surface area contributed by atoms with E-state index < -0.39 is 0 Å². The number of nitrogens with one attached hydrogen (secondary N) is 1. The second kappa shape index (κ2) is 6.25. The zero-order valence-corrected chi connectivity index (χ0v) is 11.8. The van der Waals surface area contributed by atoms with Crippen molar-refractivity contribution < 1.29 is 4.79 Å². The summed E-state index contributed by atoms with van der Waals surface area (Å²) in [5, 5.41) is 3.47. The second-order valence-electron chi connectivity index (χ2n) is 4.51. The number of aryl methyl sites for hydroxylation is 1. The predicted molar refractivity (Wildman–Crippen MR) is 76.6 cm³/mol. The Balaban J connectivity index is 2.06. The number of thioether (sulfide) groups is 1. The molecule has 1 fully saturated rings. The number of hydrogen-bond acceptors (Lipinski definition) is 3. The molecule has 2 rings (SSSR count). The highest BCUT2D eigenvalue weighted by molar-refractivity contribution is 8.00. The molecule has 0 bridgehead atoms. The van der Waals surface area contributed by atoms with Crippen molar-refractivity contribution in [2.45, 2.75) is 19.2 Å². The summed E-state index contributed by atoms with van der Waals surface area (Å²) >= 11 is 1.72. The van der Waals surface area contributed by atoms with Crippen LogP contribution in [0.3, 0.4) is 0 Å². The molecule has 1 saturated heterocycles. The molecular weight excluding hydrogens is 244 g/mol. The zero-order valence-electron chi connectivity index (χ0n) is 11.0.